The Morgan fingerprint density at radius 1 is 1.50 bits per heavy atom. The molecule has 0 unspecified atom stereocenters. The van der Waals surface area contributed by atoms with Crippen LogP contribution in [0.15, 0.2) is 17.0 Å². The maximum absolute atomic E-state index is 13.0. The molecule has 0 aliphatic rings. The van der Waals surface area contributed by atoms with Crippen molar-refractivity contribution in [2.45, 2.75) is 4.90 Å². The van der Waals surface area contributed by atoms with Crippen molar-refractivity contribution in [1.82, 2.24) is 0 Å². The van der Waals surface area contributed by atoms with Crippen molar-refractivity contribution in [1.29, 1.82) is 5.26 Å². The van der Waals surface area contributed by atoms with E-state index in [4.69, 9.17) is 15.9 Å². The zero-order valence-corrected chi connectivity index (χ0v) is 8.92. The molecule has 0 N–H and O–H groups in total. The van der Waals surface area contributed by atoms with Crippen molar-refractivity contribution in [3.05, 3.63) is 33.6 Å². The molecule has 0 amide bonds. The first-order chi connectivity index (χ1) is 7.27. The fraction of sp³-hybridized carbons (Fsp3) is 0. The maximum Gasteiger partial charge on any atom is 0.306 e. The van der Waals surface area contributed by atoms with Gasteiger partial charge in [0, 0.05) is 22.8 Å². The van der Waals surface area contributed by atoms with Gasteiger partial charge in [0.05, 0.1) is 10.5 Å². The lowest BCUT2D eigenvalue weighted by atomic mass is 10.2. The van der Waals surface area contributed by atoms with E-state index in [1.54, 1.807) is 0 Å². The van der Waals surface area contributed by atoms with Gasteiger partial charge in [0.2, 0.25) is 5.82 Å². The van der Waals surface area contributed by atoms with Gasteiger partial charge in [-0.25, -0.2) is 8.42 Å². The third kappa shape index (κ3) is 2.26. The van der Waals surface area contributed by atoms with Gasteiger partial charge >= 0.3 is 5.69 Å². The van der Waals surface area contributed by atoms with Crippen molar-refractivity contribution in [3.63, 3.8) is 0 Å². The van der Waals surface area contributed by atoms with Gasteiger partial charge in [-0.3, -0.25) is 10.1 Å². The Hall–Kier alpha value is -1.72. The third-order valence-corrected chi connectivity index (χ3v) is 2.99. The van der Waals surface area contributed by atoms with Gasteiger partial charge in [-0.05, 0) is 0 Å². The molecule has 1 aromatic carbocycles. The molecule has 0 spiro atoms. The molecular formula is C7H2ClFN2O4S. The van der Waals surface area contributed by atoms with Crippen LogP contribution in [0, 0.1) is 27.3 Å². The van der Waals surface area contributed by atoms with Gasteiger partial charge in [-0.2, -0.15) is 9.65 Å². The highest BCUT2D eigenvalue weighted by atomic mass is 35.7. The van der Waals surface area contributed by atoms with E-state index in [9.17, 15) is 22.9 Å². The van der Waals surface area contributed by atoms with Crippen molar-refractivity contribution in [3.8, 4) is 6.07 Å². The summed E-state index contributed by atoms with van der Waals surface area (Å²) in [6.45, 7) is 0. The summed E-state index contributed by atoms with van der Waals surface area (Å²) in [7, 11) is 0.608. The molecule has 0 aromatic heterocycles. The highest BCUT2D eigenvalue weighted by molar-refractivity contribution is 8.13. The number of hydrogen-bond donors (Lipinski definition) is 0. The van der Waals surface area contributed by atoms with Gasteiger partial charge in [0.1, 0.15) is 11.0 Å². The number of nitrogens with zero attached hydrogens (tertiary/aromatic N) is 2. The number of nitro benzene ring substituents is 1. The summed E-state index contributed by atoms with van der Waals surface area (Å²) in [5.74, 6) is -1.30. The molecular weight excluding hydrogens is 263 g/mol. The van der Waals surface area contributed by atoms with Crippen molar-refractivity contribution in [2.75, 3.05) is 0 Å². The van der Waals surface area contributed by atoms with E-state index >= 15 is 0 Å². The minimum Gasteiger partial charge on any atom is -0.258 e. The van der Waals surface area contributed by atoms with Crippen LogP contribution in [0.25, 0.3) is 0 Å². The lowest BCUT2D eigenvalue weighted by molar-refractivity contribution is -0.387. The normalized spacial score (nSPS) is 10.8. The van der Waals surface area contributed by atoms with Crippen LogP contribution >= 0.6 is 10.7 Å². The molecule has 0 bridgehead atoms. The average molecular weight is 265 g/mol. The summed E-state index contributed by atoms with van der Waals surface area (Å²) in [4.78, 5) is 8.45. The second kappa shape index (κ2) is 4.03. The molecule has 0 radical (unpaired) electrons. The number of nitro groups is 1. The molecule has 16 heavy (non-hydrogen) atoms. The average Bonchev–Trinajstić information content (AvgIpc) is 2.14. The molecule has 0 fully saturated rings. The largest absolute Gasteiger partial charge is 0.306 e. The second-order valence-corrected chi connectivity index (χ2v) is 5.14. The van der Waals surface area contributed by atoms with E-state index in [1.807, 2.05) is 0 Å². The lowest BCUT2D eigenvalue weighted by Crippen LogP contribution is -2.00. The Bertz CT molecular complexity index is 608. The van der Waals surface area contributed by atoms with Crippen LogP contribution in [-0.2, 0) is 9.05 Å². The molecule has 0 atom stereocenters. The highest BCUT2D eigenvalue weighted by Gasteiger charge is 2.24. The fourth-order valence-electron chi connectivity index (χ4n) is 0.972. The van der Waals surface area contributed by atoms with Crippen LogP contribution in [-0.4, -0.2) is 13.3 Å². The smallest absolute Gasteiger partial charge is 0.258 e. The van der Waals surface area contributed by atoms with Gasteiger partial charge in [0.25, 0.3) is 9.05 Å². The van der Waals surface area contributed by atoms with Gasteiger partial charge < -0.3 is 0 Å². The van der Waals surface area contributed by atoms with E-state index < -0.39 is 35.9 Å². The summed E-state index contributed by atoms with van der Waals surface area (Å²) < 4.78 is 35.0. The monoisotopic (exact) mass is 264 g/mol. The Morgan fingerprint density at radius 3 is 2.44 bits per heavy atom. The van der Waals surface area contributed by atoms with Crippen molar-refractivity contribution >= 4 is 25.4 Å². The van der Waals surface area contributed by atoms with E-state index in [2.05, 4.69) is 0 Å². The van der Waals surface area contributed by atoms with E-state index in [0.29, 0.717) is 12.1 Å². The maximum atomic E-state index is 13.0. The number of rotatable bonds is 2. The van der Waals surface area contributed by atoms with E-state index in [-0.39, 0.29) is 0 Å². The highest BCUT2D eigenvalue weighted by Crippen LogP contribution is 2.27. The summed E-state index contributed by atoms with van der Waals surface area (Å²) >= 11 is 0. The van der Waals surface area contributed by atoms with Gasteiger partial charge in [-0.15, -0.1) is 0 Å². The second-order valence-electron chi connectivity index (χ2n) is 2.61. The van der Waals surface area contributed by atoms with E-state index in [1.165, 1.54) is 6.07 Å². The summed E-state index contributed by atoms with van der Waals surface area (Å²) in [6, 6.07) is 2.25. The molecule has 0 aliphatic carbocycles. The lowest BCUT2D eigenvalue weighted by Gasteiger charge is -2.00. The van der Waals surface area contributed by atoms with Gasteiger partial charge in [-0.1, -0.05) is 0 Å². The Labute approximate surface area is 93.4 Å². The van der Waals surface area contributed by atoms with Crippen LogP contribution in [0.5, 0.6) is 0 Å². The van der Waals surface area contributed by atoms with Crippen molar-refractivity contribution < 1.29 is 17.7 Å². The topological polar surface area (TPSA) is 101 Å². The predicted octanol–water partition coefficient (Wildman–Crippen LogP) is 1.53. The number of hydrogen-bond acceptors (Lipinski definition) is 5. The van der Waals surface area contributed by atoms with Crippen molar-refractivity contribution in [2.24, 2.45) is 0 Å². The van der Waals surface area contributed by atoms with Crippen LogP contribution in [0.3, 0.4) is 0 Å². The quantitative estimate of drug-likeness (QED) is 0.458. The third-order valence-electron chi connectivity index (χ3n) is 1.63. The zero-order valence-electron chi connectivity index (χ0n) is 7.35. The standard InChI is InChI=1S/C7H2ClFN2O4S/c8-16(14,15)7-2-6(11(12)13)5(9)1-4(7)3-10/h1-2H. The molecule has 6 nitrogen and oxygen atoms in total. The zero-order chi connectivity index (χ0) is 12.5. The van der Waals surface area contributed by atoms with Crippen LogP contribution < -0.4 is 0 Å². The van der Waals surface area contributed by atoms with Crippen LogP contribution in [0.4, 0.5) is 10.1 Å². The molecule has 0 aliphatic heterocycles. The number of benzene rings is 1. The van der Waals surface area contributed by atoms with E-state index in [0.717, 1.165) is 0 Å². The molecule has 84 valence electrons. The predicted molar refractivity (Wildman–Crippen MR) is 50.8 cm³/mol. The fourth-order valence-corrected chi connectivity index (χ4v) is 1.97. The molecule has 0 saturated carbocycles. The first-order valence-corrected chi connectivity index (χ1v) is 5.91. The number of nitriles is 1. The first kappa shape index (κ1) is 12.4. The molecule has 1 rings (SSSR count). The summed E-state index contributed by atoms with van der Waals surface area (Å²) in [5, 5.41) is 18.9. The number of halogens is 2. The minimum atomic E-state index is -4.34. The molecule has 0 heterocycles. The van der Waals surface area contributed by atoms with Crippen LogP contribution in [0.2, 0.25) is 0 Å². The minimum absolute atomic E-state index is 0.413. The van der Waals surface area contributed by atoms with Gasteiger partial charge in [0.15, 0.2) is 0 Å². The Morgan fingerprint density at radius 2 is 2.06 bits per heavy atom. The first-order valence-electron chi connectivity index (χ1n) is 3.60. The molecule has 1 aromatic rings. The summed E-state index contributed by atoms with van der Waals surface area (Å²) in [5.41, 5.74) is -1.64. The molecule has 9 heteroatoms. The SMILES string of the molecule is N#Cc1cc(F)c([N+](=O)[O-])cc1S(=O)(=O)Cl. The Kier molecular flexibility index (Phi) is 3.11. The molecule has 0 saturated heterocycles. The summed E-state index contributed by atoms with van der Waals surface area (Å²) in [6.07, 6.45) is 0. The van der Waals surface area contributed by atoms with Crippen LogP contribution in [0.1, 0.15) is 5.56 Å². The Balaban J connectivity index is 3.68.